The molecule has 1 heterocycles. The Labute approximate surface area is 68.0 Å². The molecule has 1 aromatic rings. The summed E-state index contributed by atoms with van der Waals surface area (Å²) in [6, 6.07) is 0. The summed E-state index contributed by atoms with van der Waals surface area (Å²) >= 11 is 0. The summed E-state index contributed by atoms with van der Waals surface area (Å²) in [5.41, 5.74) is 1.78. The molecule has 1 atom stereocenters. The zero-order valence-electron chi connectivity index (χ0n) is 6.55. The number of anilines is 2. The number of rotatable bonds is 2. The van der Waals surface area contributed by atoms with Crippen molar-refractivity contribution in [3.8, 4) is 0 Å². The van der Waals surface area contributed by atoms with Crippen LogP contribution in [-0.4, -0.2) is 24.1 Å². The van der Waals surface area contributed by atoms with Crippen molar-refractivity contribution in [1.29, 1.82) is 0 Å². The summed E-state index contributed by atoms with van der Waals surface area (Å²) in [5, 5.41) is 5.97. The lowest BCUT2D eigenvalue weighted by Crippen LogP contribution is -2.10. The van der Waals surface area contributed by atoms with Crippen molar-refractivity contribution in [2.45, 2.75) is 0 Å². The van der Waals surface area contributed by atoms with E-state index in [1.807, 2.05) is 14.1 Å². The Morgan fingerprint density at radius 2 is 2.00 bits per heavy atom. The van der Waals surface area contributed by atoms with Gasteiger partial charge in [0.15, 0.2) is 5.82 Å². The molecule has 0 amide bonds. The molecule has 1 rings (SSSR count). The van der Waals surface area contributed by atoms with Crippen LogP contribution in [0.3, 0.4) is 0 Å². The molecule has 1 aromatic heterocycles. The van der Waals surface area contributed by atoms with Crippen LogP contribution >= 0.6 is 9.24 Å². The maximum Gasteiger partial charge on any atom is 0.153 e. The zero-order valence-corrected chi connectivity index (χ0v) is 7.70. The first-order chi connectivity index (χ1) is 5.29. The molecule has 0 fully saturated rings. The van der Waals surface area contributed by atoms with Crippen LogP contribution in [0.4, 0.5) is 11.5 Å². The highest BCUT2D eigenvalue weighted by Gasteiger charge is 2.02. The lowest BCUT2D eigenvalue weighted by atomic mass is 10.5. The standard InChI is InChI=1S/C6H11N4P/c1-7-4-5(8-2)9-3-10-6(4)11/h3,7H,11H2,1-2H3,(H,8,9,10). The zero-order chi connectivity index (χ0) is 8.27. The highest BCUT2D eigenvalue weighted by molar-refractivity contribution is 7.27. The first-order valence-corrected chi connectivity index (χ1v) is 3.83. The smallest absolute Gasteiger partial charge is 0.153 e. The van der Waals surface area contributed by atoms with E-state index in [1.165, 1.54) is 6.33 Å². The molecule has 2 N–H and O–H groups in total. The minimum atomic E-state index is 0.813. The van der Waals surface area contributed by atoms with Gasteiger partial charge in [0.1, 0.15) is 12.0 Å². The summed E-state index contributed by atoms with van der Waals surface area (Å²) in [6.07, 6.45) is 1.52. The number of nitrogens with zero attached hydrogens (tertiary/aromatic N) is 2. The van der Waals surface area contributed by atoms with E-state index in [0.717, 1.165) is 16.9 Å². The van der Waals surface area contributed by atoms with Crippen molar-refractivity contribution in [3.63, 3.8) is 0 Å². The van der Waals surface area contributed by atoms with E-state index in [2.05, 4.69) is 29.8 Å². The minimum absolute atomic E-state index is 0.813. The Morgan fingerprint density at radius 3 is 2.45 bits per heavy atom. The largest absolute Gasteiger partial charge is 0.383 e. The van der Waals surface area contributed by atoms with Crippen molar-refractivity contribution in [3.05, 3.63) is 6.33 Å². The molecular weight excluding hydrogens is 159 g/mol. The predicted octanol–water partition coefficient (Wildman–Crippen LogP) is 0.0604. The van der Waals surface area contributed by atoms with Gasteiger partial charge in [-0.1, -0.05) is 9.24 Å². The van der Waals surface area contributed by atoms with Crippen LogP contribution in [-0.2, 0) is 0 Å². The third-order valence-electron chi connectivity index (χ3n) is 1.36. The fourth-order valence-corrected chi connectivity index (χ4v) is 1.18. The van der Waals surface area contributed by atoms with E-state index in [0.29, 0.717) is 0 Å². The van der Waals surface area contributed by atoms with Gasteiger partial charge in [-0.2, -0.15) is 0 Å². The summed E-state index contributed by atoms with van der Waals surface area (Å²) in [5.74, 6) is 0.813. The normalized spacial score (nSPS) is 9.36. The second kappa shape index (κ2) is 3.49. The predicted molar refractivity (Wildman–Crippen MR) is 50.5 cm³/mol. The van der Waals surface area contributed by atoms with Crippen molar-refractivity contribution >= 4 is 26.2 Å². The van der Waals surface area contributed by atoms with Gasteiger partial charge < -0.3 is 10.6 Å². The van der Waals surface area contributed by atoms with Crippen LogP contribution in [0.1, 0.15) is 0 Å². The molecule has 5 heteroatoms. The Hall–Kier alpha value is -0.890. The first-order valence-electron chi connectivity index (χ1n) is 3.25. The molecule has 4 nitrogen and oxygen atoms in total. The summed E-state index contributed by atoms with van der Waals surface area (Å²) in [7, 11) is 6.21. The number of aromatic nitrogens is 2. The molecule has 1 unspecified atom stereocenters. The maximum absolute atomic E-state index is 4.03. The van der Waals surface area contributed by atoms with Gasteiger partial charge in [-0.15, -0.1) is 0 Å². The van der Waals surface area contributed by atoms with Crippen molar-refractivity contribution in [2.75, 3.05) is 24.7 Å². The van der Waals surface area contributed by atoms with Gasteiger partial charge in [-0.25, -0.2) is 9.97 Å². The number of hydrogen-bond donors (Lipinski definition) is 2. The highest BCUT2D eigenvalue weighted by Crippen LogP contribution is 2.14. The topological polar surface area (TPSA) is 49.8 Å². The SMILES string of the molecule is CNc1ncnc(P)c1NC. The molecule has 0 aliphatic rings. The van der Waals surface area contributed by atoms with Crippen molar-refractivity contribution < 1.29 is 0 Å². The molecule has 0 radical (unpaired) electrons. The fourth-order valence-electron chi connectivity index (χ4n) is 0.835. The van der Waals surface area contributed by atoms with Crippen LogP contribution in [0.2, 0.25) is 0 Å². The molecule has 11 heavy (non-hydrogen) atoms. The monoisotopic (exact) mass is 170 g/mol. The number of nitrogens with one attached hydrogen (secondary N) is 2. The molecule has 0 saturated heterocycles. The summed E-state index contributed by atoms with van der Waals surface area (Å²) < 4.78 is 0. The van der Waals surface area contributed by atoms with Crippen LogP contribution < -0.4 is 16.1 Å². The molecular formula is C6H11N4P. The van der Waals surface area contributed by atoms with Gasteiger partial charge in [-0.05, 0) is 0 Å². The van der Waals surface area contributed by atoms with E-state index in [9.17, 15) is 0 Å². The molecule has 60 valence electrons. The van der Waals surface area contributed by atoms with Crippen LogP contribution in [0.15, 0.2) is 6.33 Å². The van der Waals surface area contributed by atoms with Gasteiger partial charge >= 0.3 is 0 Å². The Bertz CT molecular complexity index is 250. The molecule has 0 saturated carbocycles. The summed E-state index contributed by atoms with van der Waals surface area (Å²) in [6.45, 7) is 0. The summed E-state index contributed by atoms with van der Waals surface area (Å²) in [4.78, 5) is 8.04. The lowest BCUT2D eigenvalue weighted by molar-refractivity contribution is 1.18. The average Bonchev–Trinajstić information content (AvgIpc) is 2.04. The molecule has 0 aliphatic carbocycles. The molecule has 0 bridgehead atoms. The fraction of sp³-hybridized carbons (Fsp3) is 0.333. The van der Waals surface area contributed by atoms with Gasteiger partial charge in [0.2, 0.25) is 0 Å². The minimum Gasteiger partial charge on any atom is -0.383 e. The first kappa shape index (κ1) is 8.21. The highest BCUT2D eigenvalue weighted by atomic mass is 31.0. The quantitative estimate of drug-likeness (QED) is 0.616. The van der Waals surface area contributed by atoms with Crippen LogP contribution in [0.25, 0.3) is 0 Å². The van der Waals surface area contributed by atoms with Gasteiger partial charge in [0, 0.05) is 14.1 Å². The van der Waals surface area contributed by atoms with E-state index >= 15 is 0 Å². The molecule has 0 aromatic carbocycles. The van der Waals surface area contributed by atoms with Crippen molar-refractivity contribution in [1.82, 2.24) is 9.97 Å². The molecule has 0 aliphatic heterocycles. The van der Waals surface area contributed by atoms with E-state index in [-0.39, 0.29) is 0 Å². The van der Waals surface area contributed by atoms with Gasteiger partial charge in [0.05, 0.1) is 5.44 Å². The Kier molecular flexibility index (Phi) is 2.60. The van der Waals surface area contributed by atoms with Crippen LogP contribution in [0, 0.1) is 0 Å². The number of hydrogen-bond acceptors (Lipinski definition) is 4. The van der Waals surface area contributed by atoms with E-state index in [1.54, 1.807) is 0 Å². The second-order valence-electron chi connectivity index (χ2n) is 1.98. The van der Waals surface area contributed by atoms with Crippen molar-refractivity contribution in [2.24, 2.45) is 0 Å². The van der Waals surface area contributed by atoms with E-state index < -0.39 is 0 Å². The average molecular weight is 170 g/mol. The maximum atomic E-state index is 4.03. The van der Waals surface area contributed by atoms with E-state index in [4.69, 9.17) is 0 Å². The Morgan fingerprint density at radius 1 is 1.27 bits per heavy atom. The lowest BCUT2D eigenvalue weighted by Gasteiger charge is -2.07. The third-order valence-corrected chi connectivity index (χ3v) is 1.80. The second-order valence-corrected chi connectivity index (χ2v) is 2.53. The molecule has 0 spiro atoms. The third kappa shape index (κ3) is 1.57. The van der Waals surface area contributed by atoms with Crippen LogP contribution in [0.5, 0.6) is 0 Å². The Balaban J connectivity index is 3.13. The van der Waals surface area contributed by atoms with Gasteiger partial charge in [-0.3, -0.25) is 0 Å². The van der Waals surface area contributed by atoms with Gasteiger partial charge in [0.25, 0.3) is 0 Å².